The van der Waals surface area contributed by atoms with Gasteiger partial charge in [0.15, 0.2) is 0 Å². The Morgan fingerprint density at radius 2 is 2.00 bits per heavy atom. The summed E-state index contributed by atoms with van der Waals surface area (Å²) in [6.07, 6.45) is 6.98. The highest BCUT2D eigenvalue weighted by atomic mass is 32.2. The number of likely N-dealkylation sites (tertiary alicyclic amines) is 1. The monoisotopic (exact) mass is 422 g/mol. The van der Waals surface area contributed by atoms with Crippen molar-refractivity contribution in [2.75, 3.05) is 39.0 Å². The normalized spacial score (nSPS) is 19.1. The second-order valence-electron chi connectivity index (χ2n) is 7.83. The van der Waals surface area contributed by atoms with Gasteiger partial charge in [0, 0.05) is 26.2 Å². The SMILES string of the molecule is CS(=O)(=O)N1CC=C(c2cccc(OCCCC3CCN(C(=O)O)CC3)c2)CC1. The van der Waals surface area contributed by atoms with E-state index >= 15 is 0 Å². The minimum absolute atomic E-state index is 0.417. The number of nitrogens with zero attached hydrogens (tertiary/aromatic N) is 2. The number of piperidine rings is 1. The number of sulfonamides is 1. The molecule has 1 amide bonds. The molecule has 7 nitrogen and oxygen atoms in total. The van der Waals surface area contributed by atoms with Gasteiger partial charge in [-0.2, -0.15) is 4.31 Å². The Labute approximate surface area is 173 Å². The second kappa shape index (κ2) is 9.63. The van der Waals surface area contributed by atoms with Gasteiger partial charge in [0.1, 0.15) is 5.75 Å². The van der Waals surface area contributed by atoms with E-state index in [-0.39, 0.29) is 0 Å². The molecule has 2 aliphatic rings. The number of benzene rings is 1. The van der Waals surface area contributed by atoms with Gasteiger partial charge in [0.25, 0.3) is 0 Å². The van der Waals surface area contributed by atoms with Crippen LogP contribution in [0.3, 0.4) is 0 Å². The van der Waals surface area contributed by atoms with Gasteiger partial charge in [-0.3, -0.25) is 0 Å². The van der Waals surface area contributed by atoms with Gasteiger partial charge in [0.05, 0.1) is 12.9 Å². The summed E-state index contributed by atoms with van der Waals surface area (Å²) >= 11 is 0. The Hall–Kier alpha value is -2.06. The van der Waals surface area contributed by atoms with Gasteiger partial charge in [-0.15, -0.1) is 0 Å². The molecule has 3 rings (SSSR count). The van der Waals surface area contributed by atoms with E-state index in [1.165, 1.54) is 15.5 Å². The third kappa shape index (κ3) is 6.21. The van der Waals surface area contributed by atoms with Crippen LogP contribution in [-0.4, -0.2) is 67.9 Å². The maximum atomic E-state index is 11.6. The number of hydrogen-bond acceptors (Lipinski definition) is 4. The molecule has 1 fully saturated rings. The van der Waals surface area contributed by atoms with E-state index in [1.807, 2.05) is 30.3 Å². The van der Waals surface area contributed by atoms with Crippen molar-refractivity contribution >= 4 is 21.7 Å². The average Bonchev–Trinajstić information content (AvgIpc) is 2.71. The molecule has 0 aromatic heterocycles. The summed E-state index contributed by atoms with van der Waals surface area (Å²) in [7, 11) is -3.14. The van der Waals surface area contributed by atoms with Crippen LogP contribution in [0.25, 0.3) is 5.57 Å². The lowest BCUT2D eigenvalue weighted by molar-refractivity contribution is 0.121. The molecule has 0 spiro atoms. The highest BCUT2D eigenvalue weighted by Crippen LogP contribution is 2.27. The molecular formula is C21H30N2O5S. The van der Waals surface area contributed by atoms with E-state index in [9.17, 15) is 13.2 Å². The molecule has 0 saturated carbocycles. The number of carbonyl (C=O) groups is 1. The standard InChI is InChI=1S/C21H30N2O5S/c1-29(26,27)23-13-9-18(10-14-23)19-5-2-6-20(16-19)28-15-3-4-17-7-11-22(12-8-17)21(24)25/h2,5-6,9,16-17H,3-4,7-8,10-15H2,1H3,(H,24,25). The van der Waals surface area contributed by atoms with Gasteiger partial charge >= 0.3 is 6.09 Å². The summed E-state index contributed by atoms with van der Waals surface area (Å²) in [4.78, 5) is 12.4. The lowest BCUT2D eigenvalue weighted by atomic mass is 9.92. The molecule has 0 unspecified atom stereocenters. The predicted molar refractivity (Wildman–Crippen MR) is 113 cm³/mol. The molecule has 0 radical (unpaired) electrons. The summed E-state index contributed by atoms with van der Waals surface area (Å²) in [5.74, 6) is 1.40. The van der Waals surface area contributed by atoms with Crippen molar-refractivity contribution in [2.24, 2.45) is 5.92 Å². The van der Waals surface area contributed by atoms with Crippen LogP contribution in [0, 0.1) is 5.92 Å². The first-order valence-corrected chi connectivity index (χ1v) is 12.0. The first kappa shape index (κ1) is 21.6. The average molecular weight is 423 g/mol. The number of amides is 1. The van der Waals surface area contributed by atoms with Crippen molar-refractivity contribution in [3.63, 3.8) is 0 Å². The Morgan fingerprint density at radius 3 is 2.62 bits per heavy atom. The lowest BCUT2D eigenvalue weighted by Gasteiger charge is -2.29. The van der Waals surface area contributed by atoms with Gasteiger partial charge in [-0.1, -0.05) is 18.2 Å². The summed E-state index contributed by atoms with van der Waals surface area (Å²) in [5, 5.41) is 9.00. The van der Waals surface area contributed by atoms with E-state index in [0.29, 0.717) is 45.1 Å². The molecule has 0 bridgehead atoms. The Morgan fingerprint density at radius 1 is 1.24 bits per heavy atom. The van der Waals surface area contributed by atoms with Crippen LogP contribution in [-0.2, 0) is 10.0 Å². The van der Waals surface area contributed by atoms with Crippen LogP contribution in [0.1, 0.15) is 37.7 Å². The van der Waals surface area contributed by atoms with Gasteiger partial charge in [-0.05, 0) is 61.3 Å². The fourth-order valence-electron chi connectivity index (χ4n) is 3.97. The number of carboxylic acid groups (broad SMARTS) is 1. The molecule has 0 aliphatic carbocycles. The molecule has 1 N–H and O–H groups in total. The molecule has 1 aromatic rings. The zero-order valence-electron chi connectivity index (χ0n) is 16.9. The van der Waals surface area contributed by atoms with E-state index in [4.69, 9.17) is 9.84 Å². The van der Waals surface area contributed by atoms with Crippen LogP contribution in [0.2, 0.25) is 0 Å². The first-order valence-electron chi connectivity index (χ1n) is 10.2. The van der Waals surface area contributed by atoms with Crippen molar-refractivity contribution in [1.29, 1.82) is 0 Å². The number of hydrogen-bond donors (Lipinski definition) is 1. The maximum Gasteiger partial charge on any atom is 0.407 e. The van der Waals surface area contributed by atoms with Gasteiger partial charge in [-0.25, -0.2) is 13.2 Å². The molecule has 0 atom stereocenters. The highest BCUT2D eigenvalue weighted by Gasteiger charge is 2.22. The van der Waals surface area contributed by atoms with Crippen molar-refractivity contribution < 1.29 is 23.1 Å². The summed E-state index contributed by atoms with van der Waals surface area (Å²) in [5.41, 5.74) is 2.23. The summed E-state index contributed by atoms with van der Waals surface area (Å²) < 4.78 is 30.7. The zero-order valence-corrected chi connectivity index (χ0v) is 17.7. The van der Waals surface area contributed by atoms with Crippen LogP contribution in [0.4, 0.5) is 4.79 Å². The minimum Gasteiger partial charge on any atom is -0.494 e. The highest BCUT2D eigenvalue weighted by molar-refractivity contribution is 7.88. The van der Waals surface area contributed by atoms with E-state index in [1.54, 1.807) is 0 Å². The van der Waals surface area contributed by atoms with Gasteiger partial charge in [0.2, 0.25) is 10.0 Å². The van der Waals surface area contributed by atoms with Crippen molar-refractivity contribution in [2.45, 2.75) is 32.1 Å². The molecule has 1 saturated heterocycles. The molecule has 8 heteroatoms. The molecule has 2 heterocycles. The van der Waals surface area contributed by atoms with Crippen LogP contribution in [0.5, 0.6) is 5.75 Å². The fraction of sp³-hybridized carbons (Fsp3) is 0.571. The zero-order chi connectivity index (χ0) is 20.9. The molecule has 1 aromatic carbocycles. The van der Waals surface area contributed by atoms with Crippen LogP contribution in [0.15, 0.2) is 30.3 Å². The Bertz CT molecular complexity index is 844. The third-order valence-corrected chi connectivity index (χ3v) is 7.03. The quantitative estimate of drug-likeness (QED) is 0.682. The Balaban J connectivity index is 1.44. The third-order valence-electron chi connectivity index (χ3n) is 5.76. The van der Waals surface area contributed by atoms with Crippen molar-refractivity contribution in [3.05, 3.63) is 35.9 Å². The largest absolute Gasteiger partial charge is 0.494 e. The molecule has 2 aliphatic heterocycles. The molecule has 160 valence electrons. The number of rotatable bonds is 7. The summed E-state index contributed by atoms with van der Waals surface area (Å²) in [6.45, 7) is 2.84. The maximum absolute atomic E-state index is 11.6. The van der Waals surface area contributed by atoms with E-state index in [0.717, 1.165) is 42.6 Å². The topological polar surface area (TPSA) is 87.2 Å². The van der Waals surface area contributed by atoms with Crippen LogP contribution >= 0.6 is 0 Å². The first-order chi connectivity index (χ1) is 13.8. The lowest BCUT2D eigenvalue weighted by Crippen LogP contribution is -2.37. The fourth-order valence-corrected chi connectivity index (χ4v) is 4.74. The smallest absolute Gasteiger partial charge is 0.407 e. The van der Waals surface area contributed by atoms with E-state index in [2.05, 4.69) is 0 Å². The minimum atomic E-state index is -3.14. The predicted octanol–water partition coefficient (Wildman–Crippen LogP) is 3.28. The Kier molecular flexibility index (Phi) is 7.18. The van der Waals surface area contributed by atoms with Crippen LogP contribution < -0.4 is 4.74 Å². The van der Waals surface area contributed by atoms with E-state index < -0.39 is 16.1 Å². The van der Waals surface area contributed by atoms with Crippen molar-refractivity contribution in [1.82, 2.24) is 9.21 Å². The summed E-state index contributed by atoms with van der Waals surface area (Å²) in [6, 6.07) is 7.97. The van der Waals surface area contributed by atoms with Gasteiger partial charge < -0.3 is 14.7 Å². The molecular weight excluding hydrogens is 392 g/mol. The molecule has 29 heavy (non-hydrogen) atoms. The number of ether oxygens (including phenoxy) is 1. The second-order valence-corrected chi connectivity index (χ2v) is 9.81. The van der Waals surface area contributed by atoms with Crippen molar-refractivity contribution in [3.8, 4) is 5.75 Å².